The summed E-state index contributed by atoms with van der Waals surface area (Å²) in [4.78, 5) is 0. The fourth-order valence-corrected chi connectivity index (χ4v) is 0.972. The van der Waals surface area contributed by atoms with Gasteiger partial charge in [-0.25, -0.2) is 4.68 Å². The number of aliphatic hydroxyl groups excluding tert-OH is 1. The molecule has 5 heteroatoms. The van der Waals surface area contributed by atoms with Crippen LogP contribution in [0.3, 0.4) is 0 Å². The van der Waals surface area contributed by atoms with E-state index < -0.39 is 0 Å². The standard InChI is InChI=1S/C4H6BrN3O/c1-8-3(2-9)4(5)6-7-8/h9H,2H2,1H3. The first-order valence-corrected chi connectivity index (χ1v) is 3.20. The molecular weight excluding hydrogens is 186 g/mol. The summed E-state index contributed by atoms with van der Waals surface area (Å²) in [5, 5.41) is 16.0. The zero-order chi connectivity index (χ0) is 6.85. The van der Waals surface area contributed by atoms with E-state index in [1.807, 2.05) is 0 Å². The molecule has 0 radical (unpaired) electrons. The minimum atomic E-state index is -0.0376. The van der Waals surface area contributed by atoms with E-state index in [-0.39, 0.29) is 6.61 Å². The lowest BCUT2D eigenvalue weighted by atomic mass is 10.5. The van der Waals surface area contributed by atoms with Crippen LogP contribution in [0.2, 0.25) is 0 Å². The molecule has 4 nitrogen and oxygen atoms in total. The Morgan fingerprint density at radius 3 is 2.67 bits per heavy atom. The molecule has 1 aromatic rings. The van der Waals surface area contributed by atoms with Crippen molar-refractivity contribution in [3.8, 4) is 0 Å². The first-order chi connectivity index (χ1) is 4.25. The second kappa shape index (κ2) is 2.45. The van der Waals surface area contributed by atoms with Crippen molar-refractivity contribution in [2.75, 3.05) is 0 Å². The van der Waals surface area contributed by atoms with E-state index in [4.69, 9.17) is 5.11 Å². The lowest BCUT2D eigenvalue weighted by molar-refractivity contribution is 0.270. The number of nitrogens with zero attached hydrogens (tertiary/aromatic N) is 3. The SMILES string of the molecule is Cn1nnc(Br)c1CO. The molecule has 0 unspecified atom stereocenters. The van der Waals surface area contributed by atoms with Crippen LogP contribution in [0.1, 0.15) is 5.69 Å². The van der Waals surface area contributed by atoms with Crippen molar-refractivity contribution in [1.82, 2.24) is 15.0 Å². The van der Waals surface area contributed by atoms with Gasteiger partial charge < -0.3 is 5.11 Å². The first kappa shape index (κ1) is 6.70. The van der Waals surface area contributed by atoms with Crippen LogP contribution in [0.5, 0.6) is 0 Å². The topological polar surface area (TPSA) is 50.9 Å². The summed E-state index contributed by atoms with van der Waals surface area (Å²) in [6, 6.07) is 0. The van der Waals surface area contributed by atoms with Gasteiger partial charge in [-0.15, -0.1) is 5.10 Å². The number of hydrogen-bond acceptors (Lipinski definition) is 3. The molecule has 0 aromatic carbocycles. The van der Waals surface area contributed by atoms with Gasteiger partial charge in [0.1, 0.15) is 0 Å². The molecule has 0 bridgehead atoms. The van der Waals surface area contributed by atoms with Gasteiger partial charge in [-0.2, -0.15) is 0 Å². The summed E-state index contributed by atoms with van der Waals surface area (Å²) in [5.74, 6) is 0. The maximum atomic E-state index is 8.66. The lowest BCUT2D eigenvalue weighted by Crippen LogP contribution is -1.97. The molecule has 0 spiro atoms. The van der Waals surface area contributed by atoms with Gasteiger partial charge in [-0.3, -0.25) is 0 Å². The van der Waals surface area contributed by atoms with Crippen LogP contribution in [0, 0.1) is 0 Å². The normalized spacial score (nSPS) is 10.1. The highest BCUT2D eigenvalue weighted by Crippen LogP contribution is 2.10. The fraction of sp³-hybridized carbons (Fsp3) is 0.500. The zero-order valence-corrected chi connectivity index (χ0v) is 6.46. The van der Waals surface area contributed by atoms with Gasteiger partial charge in [0, 0.05) is 7.05 Å². The molecule has 0 saturated heterocycles. The highest BCUT2D eigenvalue weighted by atomic mass is 79.9. The molecule has 1 aromatic heterocycles. The van der Waals surface area contributed by atoms with Gasteiger partial charge in [0.15, 0.2) is 4.60 Å². The Morgan fingerprint density at radius 1 is 1.78 bits per heavy atom. The number of aromatic nitrogens is 3. The molecular formula is C4H6BrN3O. The molecule has 0 aliphatic heterocycles. The number of hydrogen-bond donors (Lipinski definition) is 1. The highest BCUT2D eigenvalue weighted by Gasteiger charge is 2.03. The third-order valence-corrected chi connectivity index (χ3v) is 1.66. The number of rotatable bonds is 1. The summed E-state index contributed by atoms with van der Waals surface area (Å²) < 4.78 is 2.12. The Labute approximate surface area is 60.6 Å². The van der Waals surface area contributed by atoms with Gasteiger partial charge in [-0.05, 0) is 15.9 Å². The van der Waals surface area contributed by atoms with E-state index in [9.17, 15) is 0 Å². The van der Waals surface area contributed by atoms with E-state index in [1.165, 1.54) is 4.68 Å². The Bertz CT molecular complexity index is 190. The van der Waals surface area contributed by atoms with Gasteiger partial charge >= 0.3 is 0 Å². The van der Waals surface area contributed by atoms with Crippen molar-refractivity contribution in [2.24, 2.45) is 7.05 Å². The van der Waals surface area contributed by atoms with Gasteiger partial charge in [-0.1, -0.05) is 5.21 Å². The average molecular weight is 192 g/mol. The highest BCUT2D eigenvalue weighted by molar-refractivity contribution is 9.10. The minimum absolute atomic E-state index is 0.0376. The minimum Gasteiger partial charge on any atom is -0.390 e. The van der Waals surface area contributed by atoms with E-state index in [1.54, 1.807) is 7.05 Å². The molecule has 1 N–H and O–H groups in total. The Kier molecular flexibility index (Phi) is 1.82. The molecule has 0 amide bonds. The van der Waals surface area contributed by atoms with Crippen LogP contribution >= 0.6 is 15.9 Å². The molecule has 0 fully saturated rings. The Morgan fingerprint density at radius 2 is 2.44 bits per heavy atom. The molecule has 1 rings (SSSR count). The molecule has 9 heavy (non-hydrogen) atoms. The largest absolute Gasteiger partial charge is 0.390 e. The van der Waals surface area contributed by atoms with Crippen LogP contribution < -0.4 is 0 Å². The maximum Gasteiger partial charge on any atom is 0.153 e. The van der Waals surface area contributed by atoms with E-state index in [0.29, 0.717) is 10.3 Å². The third-order valence-electron chi connectivity index (χ3n) is 1.05. The van der Waals surface area contributed by atoms with Crippen molar-refractivity contribution in [1.29, 1.82) is 0 Å². The van der Waals surface area contributed by atoms with E-state index in [0.717, 1.165) is 0 Å². The van der Waals surface area contributed by atoms with Gasteiger partial charge in [0.05, 0.1) is 12.3 Å². The quantitative estimate of drug-likeness (QED) is 0.684. The zero-order valence-electron chi connectivity index (χ0n) is 4.87. The molecule has 1 heterocycles. The van der Waals surface area contributed by atoms with E-state index in [2.05, 4.69) is 26.2 Å². The number of halogens is 1. The van der Waals surface area contributed by atoms with Crippen molar-refractivity contribution in [2.45, 2.75) is 6.61 Å². The average Bonchev–Trinajstić information content (AvgIpc) is 2.12. The van der Waals surface area contributed by atoms with Crippen molar-refractivity contribution in [3.63, 3.8) is 0 Å². The summed E-state index contributed by atoms with van der Waals surface area (Å²) in [5.41, 5.74) is 0.690. The second-order valence-electron chi connectivity index (χ2n) is 1.61. The van der Waals surface area contributed by atoms with Crippen LogP contribution in [0.4, 0.5) is 0 Å². The number of aliphatic hydroxyl groups is 1. The smallest absolute Gasteiger partial charge is 0.153 e. The summed E-state index contributed by atoms with van der Waals surface area (Å²) in [7, 11) is 1.73. The van der Waals surface area contributed by atoms with Crippen LogP contribution in [0.15, 0.2) is 4.60 Å². The monoisotopic (exact) mass is 191 g/mol. The molecule has 0 atom stereocenters. The predicted molar refractivity (Wildman–Crippen MR) is 34.6 cm³/mol. The van der Waals surface area contributed by atoms with Crippen molar-refractivity contribution >= 4 is 15.9 Å². The Balaban J connectivity index is 3.07. The van der Waals surface area contributed by atoms with E-state index >= 15 is 0 Å². The maximum absolute atomic E-state index is 8.66. The summed E-state index contributed by atoms with van der Waals surface area (Å²) >= 11 is 3.12. The fourth-order valence-electron chi connectivity index (χ4n) is 0.519. The lowest BCUT2D eigenvalue weighted by Gasteiger charge is -1.92. The molecule has 0 saturated carbocycles. The van der Waals surface area contributed by atoms with Crippen molar-refractivity contribution < 1.29 is 5.11 Å². The predicted octanol–water partition coefficient (Wildman–Crippen LogP) is 0.0699. The summed E-state index contributed by atoms with van der Waals surface area (Å²) in [6.45, 7) is -0.0376. The first-order valence-electron chi connectivity index (χ1n) is 2.40. The van der Waals surface area contributed by atoms with Crippen molar-refractivity contribution in [3.05, 3.63) is 10.3 Å². The molecule has 0 aliphatic rings. The van der Waals surface area contributed by atoms with Gasteiger partial charge in [0.2, 0.25) is 0 Å². The van der Waals surface area contributed by atoms with Crippen LogP contribution in [-0.4, -0.2) is 20.1 Å². The third kappa shape index (κ3) is 1.11. The molecule has 50 valence electrons. The summed E-state index contributed by atoms with van der Waals surface area (Å²) in [6.07, 6.45) is 0. The molecule has 0 aliphatic carbocycles. The van der Waals surface area contributed by atoms with Crippen LogP contribution in [-0.2, 0) is 13.7 Å². The second-order valence-corrected chi connectivity index (χ2v) is 2.36. The van der Waals surface area contributed by atoms with Crippen LogP contribution in [0.25, 0.3) is 0 Å². The van der Waals surface area contributed by atoms with Gasteiger partial charge in [0.25, 0.3) is 0 Å². The number of aryl methyl sites for hydroxylation is 1. The Hall–Kier alpha value is -0.420.